The minimum Gasteiger partial charge on any atom is -0.325 e. The van der Waals surface area contributed by atoms with E-state index in [0.717, 1.165) is 5.56 Å². The third-order valence-corrected chi connectivity index (χ3v) is 4.13. The quantitative estimate of drug-likeness (QED) is 0.930. The zero-order valence-corrected chi connectivity index (χ0v) is 12.0. The van der Waals surface area contributed by atoms with Crippen molar-refractivity contribution in [3.8, 4) is 0 Å². The monoisotopic (exact) mass is 305 g/mol. The van der Waals surface area contributed by atoms with Gasteiger partial charge in [0.2, 0.25) is 0 Å². The molecule has 0 amide bonds. The van der Waals surface area contributed by atoms with E-state index < -0.39 is 9.84 Å². The van der Waals surface area contributed by atoms with Crippen molar-refractivity contribution < 1.29 is 8.42 Å². The Morgan fingerprint density at radius 2 is 1.94 bits per heavy atom. The van der Waals surface area contributed by atoms with Crippen molar-refractivity contribution in [2.24, 2.45) is 5.73 Å². The van der Waals surface area contributed by atoms with E-state index >= 15 is 0 Å². The van der Waals surface area contributed by atoms with Gasteiger partial charge in [-0.2, -0.15) is 0 Å². The Kier molecular flexibility index (Phi) is 3.82. The molecule has 0 aliphatic heterocycles. The van der Waals surface area contributed by atoms with Crippen LogP contribution in [0.3, 0.4) is 0 Å². The number of nitrogens with two attached hydrogens (primary N) is 1. The molecular weight excluding hydrogens is 290 g/mol. The van der Waals surface area contributed by atoms with Gasteiger partial charge in [0.1, 0.15) is 0 Å². The van der Waals surface area contributed by atoms with E-state index in [1.54, 1.807) is 12.1 Å². The van der Waals surface area contributed by atoms with Crippen LogP contribution >= 0.6 is 15.9 Å². The zero-order chi connectivity index (χ0) is 12.6. The molecule has 90 valence electrons. The van der Waals surface area contributed by atoms with E-state index in [4.69, 9.17) is 5.73 Å². The van der Waals surface area contributed by atoms with Gasteiger partial charge in [0.05, 0.1) is 4.90 Å². The summed E-state index contributed by atoms with van der Waals surface area (Å²) in [5.41, 5.74) is 6.63. The van der Waals surface area contributed by atoms with Crippen molar-refractivity contribution in [3.63, 3.8) is 0 Å². The second-order valence-corrected chi connectivity index (χ2v) is 7.54. The highest BCUT2D eigenvalue weighted by Gasteiger charge is 2.15. The second-order valence-electron chi connectivity index (χ2n) is 4.70. The molecule has 0 heterocycles. The summed E-state index contributed by atoms with van der Waals surface area (Å²) >= 11 is 3.27. The van der Waals surface area contributed by atoms with E-state index in [2.05, 4.69) is 15.9 Å². The zero-order valence-electron chi connectivity index (χ0n) is 9.62. The van der Waals surface area contributed by atoms with Gasteiger partial charge in [-0.3, -0.25) is 0 Å². The van der Waals surface area contributed by atoms with Gasteiger partial charge >= 0.3 is 0 Å². The Balaban J connectivity index is 3.10. The molecule has 2 N–H and O–H groups in total. The van der Waals surface area contributed by atoms with Gasteiger partial charge in [-0.05, 0) is 53.9 Å². The lowest BCUT2D eigenvalue weighted by molar-refractivity contribution is 0.516. The first-order valence-electron chi connectivity index (χ1n) is 4.87. The summed E-state index contributed by atoms with van der Waals surface area (Å²) in [4.78, 5) is 0.311. The Morgan fingerprint density at radius 1 is 1.38 bits per heavy atom. The molecule has 1 aromatic carbocycles. The highest BCUT2D eigenvalue weighted by Crippen LogP contribution is 2.24. The predicted octanol–water partition coefficient (Wildman–Crippen LogP) is 2.13. The van der Waals surface area contributed by atoms with Gasteiger partial charge in [0.25, 0.3) is 0 Å². The summed E-state index contributed by atoms with van der Waals surface area (Å²) in [5, 5.41) is 0. The number of hydrogen-bond acceptors (Lipinski definition) is 3. The predicted molar refractivity (Wildman–Crippen MR) is 69.2 cm³/mol. The van der Waals surface area contributed by atoms with E-state index in [-0.39, 0.29) is 5.54 Å². The molecule has 0 spiro atoms. The fourth-order valence-electron chi connectivity index (χ4n) is 1.48. The number of benzene rings is 1. The number of hydrogen-bond donors (Lipinski definition) is 1. The largest absolute Gasteiger partial charge is 0.325 e. The molecule has 0 saturated heterocycles. The summed E-state index contributed by atoms with van der Waals surface area (Å²) in [7, 11) is -3.17. The van der Waals surface area contributed by atoms with Crippen LogP contribution in [-0.4, -0.2) is 20.2 Å². The first-order valence-corrected chi connectivity index (χ1v) is 7.55. The average molecular weight is 306 g/mol. The first kappa shape index (κ1) is 13.7. The van der Waals surface area contributed by atoms with Gasteiger partial charge < -0.3 is 5.73 Å². The van der Waals surface area contributed by atoms with Crippen molar-refractivity contribution in [1.82, 2.24) is 0 Å². The molecule has 5 heteroatoms. The summed E-state index contributed by atoms with van der Waals surface area (Å²) in [6.45, 7) is 3.87. The molecule has 3 nitrogen and oxygen atoms in total. The van der Waals surface area contributed by atoms with Crippen LogP contribution in [-0.2, 0) is 16.3 Å². The molecule has 0 unspecified atom stereocenters. The number of halogens is 1. The standard InChI is InChI=1S/C11H16BrNO2S/c1-11(2,13)7-8-4-5-10(9(12)6-8)16(3,14)15/h4-6H,7,13H2,1-3H3. The fourth-order valence-corrected chi connectivity index (χ4v) is 3.52. The lowest BCUT2D eigenvalue weighted by atomic mass is 9.96. The van der Waals surface area contributed by atoms with Crippen LogP contribution in [0.4, 0.5) is 0 Å². The third-order valence-electron chi connectivity index (χ3n) is 2.06. The Hall–Kier alpha value is -0.390. The second kappa shape index (κ2) is 4.47. The molecule has 0 aliphatic rings. The van der Waals surface area contributed by atoms with Crippen molar-refractivity contribution in [2.75, 3.05) is 6.26 Å². The summed E-state index contributed by atoms with van der Waals surface area (Å²) in [6, 6.07) is 5.22. The van der Waals surface area contributed by atoms with E-state index in [0.29, 0.717) is 15.8 Å². The van der Waals surface area contributed by atoms with Gasteiger partial charge in [0, 0.05) is 16.3 Å². The molecule has 0 saturated carbocycles. The van der Waals surface area contributed by atoms with E-state index in [1.807, 2.05) is 19.9 Å². The van der Waals surface area contributed by atoms with Crippen LogP contribution in [0.15, 0.2) is 27.6 Å². The molecular formula is C11H16BrNO2S. The minimum absolute atomic E-state index is 0.300. The maximum Gasteiger partial charge on any atom is 0.176 e. The van der Waals surface area contributed by atoms with E-state index in [1.165, 1.54) is 6.26 Å². The summed E-state index contributed by atoms with van der Waals surface area (Å²) in [5.74, 6) is 0. The molecule has 0 atom stereocenters. The topological polar surface area (TPSA) is 60.2 Å². The molecule has 1 aromatic rings. The smallest absolute Gasteiger partial charge is 0.176 e. The van der Waals surface area contributed by atoms with Crippen molar-refractivity contribution >= 4 is 25.8 Å². The lowest BCUT2D eigenvalue weighted by Crippen LogP contribution is -2.34. The molecule has 0 fully saturated rings. The normalized spacial score (nSPS) is 12.8. The van der Waals surface area contributed by atoms with E-state index in [9.17, 15) is 8.42 Å². The first-order chi connectivity index (χ1) is 7.09. The Bertz CT molecular complexity index is 489. The SMILES string of the molecule is CC(C)(N)Cc1ccc(S(C)(=O)=O)c(Br)c1. The molecule has 0 aliphatic carbocycles. The van der Waals surface area contributed by atoms with Crippen molar-refractivity contribution in [1.29, 1.82) is 0 Å². The number of rotatable bonds is 3. The lowest BCUT2D eigenvalue weighted by Gasteiger charge is -2.18. The van der Waals surface area contributed by atoms with Gasteiger partial charge in [-0.1, -0.05) is 6.07 Å². The maximum absolute atomic E-state index is 11.4. The summed E-state index contributed by atoms with van der Waals surface area (Å²) in [6.07, 6.45) is 1.90. The Labute approximate surface area is 105 Å². The number of sulfone groups is 1. The van der Waals surface area contributed by atoms with Crippen molar-refractivity contribution in [3.05, 3.63) is 28.2 Å². The average Bonchev–Trinajstić information content (AvgIpc) is 1.97. The van der Waals surface area contributed by atoms with Crippen molar-refractivity contribution in [2.45, 2.75) is 30.7 Å². The van der Waals surface area contributed by atoms with Gasteiger partial charge in [0.15, 0.2) is 9.84 Å². The van der Waals surface area contributed by atoms with Crippen LogP contribution in [0.25, 0.3) is 0 Å². The van der Waals surface area contributed by atoms with Crippen LogP contribution < -0.4 is 5.73 Å². The van der Waals surface area contributed by atoms with Gasteiger partial charge in [-0.25, -0.2) is 8.42 Å². The van der Waals surface area contributed by atoms with Gasteiger partial charge in [-0.15, -0.1) is 0 Å². The maximum atomic E-state index is 11.4. The molecule has 16 heavy (non-hydrogen) atoms. The fraction of sp³-hybridized carbons (Fsp3) is 0.455. The van der Waals surface area contributed by atoms with Crippen LogP contribution in [0, 0.1) is 0 Å². The molecule has 0 bridgehead atoms. The Morgan fingerprint density at radius 3 is 2.31 bits per heavy atom. The highest BCUT2D eigenvalue weighted by molar-refractivity contribution is 9.10. The van der Waals surface area contributed by atoms with Crippen LogP contribution in [0.2, 0.25) is 0 Å². The highest BCUT2D eigenvalue weighted by atomic mass is 79.9. The third kappa shape index (κ3) is 3.88. The minimum atomic E-state index is -3.17. The molecule has 1 rings (SSSR count). The molecule has 0 aromatic heterocycles. The summed E-state index contributed by atoms with van der Waals surface area (Å²) < 4.78 is 23.4. The molecule has 0 radical (unpaired) electrons. The van der Waals surface area contributed by atoms with Crippen LogP contribution in [0.1, 0.15) is 19.4 Å². The van der Waals surface area contributed by atoms with Crippen LogP contribution in [0.5, 0.6) is 0 Å².